The highest BCUT2D eigenvalue weighted by Crippen LogP contribution is 2.22. The van der Waals surface area contributed by atoms with Crippen LogP contribution in [0.5, 0.6) is 0 Å². The molecule has 0 atom stereocenters. The minimum absolute atomic E-state index is 0.112. The highest BCUT2D eigenvalue weighted by atomic mass is 16.2. The number of hydrogen-bond donors (Lipinski definition) is 1. The summed E-state index contributed by atoms with van der Waals surface area (Å²) < 4.78 is 0. The molecule has 1 saturated heterocycles. The highest BCUT2D eigenvalue weighted by Gasteiger charge is 2.24. The summed E-state index contributed by atoms with van der Waals surface area (Å²) >= 11 is 0. The average Bonchev–Trinajstić information content (AvgIpc) is 2.54. The van der Waals surface area contributed by atoms with Crippen LogP contribution in [0.2, 0.25) is 0 Å². The molecule has 0 aliphatic carbocycles. The van der Waals surface area contributed by atoms with E-state index in [2.05, 4.69) is 15.2 Å². The van der Waals surface area contributed by atoms with Crippen molar-refractivity contribution < 1.29 is 9.59 Å². The molecule has 1 aliphatic rings. The van der Waals surface area contributed by atoms with Gasteiger partial charge in [0.1, 0.15) is 5.69 Å². The lowest BCUT2D eigenvalue weighted by molar-refractivity contribution is -0.129. The first kappa shape index (κ1) is 16.3. The predicted molar refractivity (Wildman–Crippen MR) is 85.9 cm³/mol. The van der Waals surface area contributed by atoms with Gasteiger partial charge in [0.05, 0.1) is 0 Å². The van der Waals surface area contributed by atoms with Crippen molar-refractivity contribution in [3.8, 4) is 0 Å². The van der Waals surface area contributed by atoms with Crippen LogP contribution < -0.4 is 10.2 Å². The maximum Gasteiger partial charge on any atom is 0.269 e. The Bertz CT molecular complexity index is 539. The third-order valence-corrected chi connectivity index (χ3v) is 4.19. The molecule has 1 aromatic rings. The predicted octanol–water partition coefficient (Wildman–Crippen LogP) is 1.28. The van der Waals surface area contributed by atoms with Gasteiger partial charge in [0.15, 0.2) is 0 Å². The zero-order valence-corrected chi connectivity index (χ0v) is 13.5. The Morgan fingerprint density at radius 3 is 2.68 bits per heavy atom. The Morgan fingerprint density at radius 2 is 2.09 bits per heavy atom. The Kier molecular flexibility index (Phi) is 5.35. The largest absolute Gasteiger partial charge is 0.371 e. The lowest BCUT2D eigenvalue weighted by Gasteiger charge is -2.37. The van der Waals surface area contributed by atoms with E-state index in [0.29, 0.717) is 18.3 Å². The summed E-state index contributed by atoms with van der Waals surface area (Å²) in [5, 5.41) is 2.76. The zero-order valence-electron chi connectivity index (χ0n) is 13.5. The Morgan fingerprint density at radius 1 is 1.41 bits per heavy atom. The minimum Gasteiger partial charge on any atom is -0.371 e. The smallest absolute Gasteiger partial charge is 0.269 e. The first-order valence-corrected chi connectivity index (χ1v) is 7.75. The van der Waals surface area contributed by atoms with E-state index >= 15 is 0 Å². The summed E-state index contributed by atoms with van der Waals surface area (Å²) in [6.07, 6.45) is 3.55. The maximum atomic E-state index is 11.9. The van der Waals surface area contributed by atoms with Gasteiger partial charge in [-0.25, -0.2) is 0 Å². The van der Waals surface area contributed by atoms with Crippen molar-refractivity contribution in [1.29, 1.82) is 0 Å². The lowest BCUT2D eigenvalue weighted by atomic mass is 10.0. The number of nitrogens with one attached hydrogen (secondary N) is 1. The van der Waals surface area contributed by atoms with Crippen LogP contribution in [0.4, 0.5) is 5.69 Å². The summed E-state index contributed by atoms with van der Waals surface area (Å²) in [6.45, 7) is 5.84. The second-order valence-corrected chi connectivity index (χ2v) is 5.61. The van der Waals surface area contributed by atoms with Crippen LogP contribution in [0.3, 0.4) is 0 Å². The van der Waals surface area contributed by atoms with Crippen molar-refractivity contribution >= 4 is 17.5 Å². The quantitative estimate of drug-likeness (QED) is 0.910. The van der Waals surface area contributed by atoms with Crippen LogP contribution >= 0.6 is 0 Å². The number of anilines is 1. The third-order valence-electron chi connectivity index (χ3n) is 4.19. The topological polar surface area (TPSA) is 65.5 Å². The number of hydrogen-bond acceptors (Lipinski definition) is 4. The van der Waals surface area contributed by atoms with Crippen molar-refractivity contribution in [1.82, 2.24) is 15.2 Å². The van der Waals surface area contributed by atoms with E-state index in [1.54, 1.807) is 13.1 Å². The summed E-state index contributed by atoms with van der Waals surface area (Å²) in [4.78, 5) is 31.5. The van der Waals surface area contributed by atoms with Crippen LogP contribution in [0.25, 0.3) is 0 Å². The molecule has 1 aromatic heterocycles. The van der Waals surface area contributed by atoms with Gasteiger partial charge in [0.2, 0.25) is 5.91 Å². The number of aromatic nitrogens is 1. The molecule has 120 valence electrons. The Balaban J connectivity index is 2.01. The van der Waals surface area contributed by atoms with Gasteiger partial charge in [0.25, 0.3) is 5.91 Å². The van der Waals surface area contributed by atoms with E-state index in [0.717, 1.165) is 31.6 Å². The molecule has 1 N–H and O–H groups in total. The van der Waals surface area contributed by atoms with E-state index < -0.39 is 0 Å². The summed E-state index contributed by atoms with van der Waals surface area (Å²) in [5.41, 5.74) is 1.46. The molecule has 6 nitrogen and oxygen atoms in total. The molecule has 0 aromatic carbocycles. The van der Waals surface area contributed by atoms with E-state index in [1.807, 2.05) is 31.0 Å². The van der Waals surface area contributed by atoms with Crippen molar-refractivity contribution in [3.63, 3.8) is 0 Å². The first-order chi connectivity index (χ1) is 10.5. The van der Waals surface area contributed by atoms with E-state index in [-0.39, 0.29) is 11.8 Å². The first-order valence-electron chi connectivity index (χ1n) is 7.75. The van der Waals surface area contributed by atoms with Crippen LogP contribution in [0, 0.1) is 0 Å². The van der Waals surface area contributed by atoms with Crippen LogP contribution in [-0.4, -0.2) is 54.4 Å². The molecule has 0 bridgehead atoms. The third kappa shape index (κ3) is 3.75. The maximum absolute atomic E-state index is 11.9. The molecular weight excluding hydrogens is 280 g/mol. The van der Waals surface area contributed by atoms with Gasteiger partial charge in [-0.3, -0.25) is 14.6 Å². The fourth-order valence-electron chi connectivity index (χ4n) is 2.76. The summed E-state index contributed by atoms with van der Waals surface area (Å²) in [5.74, 6) is -0.0311. The van der Waals surface area contributed by atoms with E-state index in [4.69, 9.17) is 0 Å². The zero-order chi connectivity index (χ0) is 16.1. The van der Waals surface area contributed by atoms with Crippen molar-refractivity contribution in [2.24, 2.45) is 0 Å². The standard InChI is InChI=1S/C16H24N4O2/c1-4-17-16(22)15-11-14(5-8-18-15)20-9-6-13(7-10-20)19(3)12(2)21/h5,8,11,13H,4,6-7,9-10H2,1-3H3,(H,17,22). The van der Waals surface area contributed by atoms with Crippen molar-refractivity contribution in [3.05, 3.63) is 24.0 Å². The van der Waals surface area contributed by atoms with Gasteiger partial charge in [-0.1, -0.05) is 0 Å². The van der Waals surface area contributed by atoms with Crippen LogP contribution in [0.15, 0.2) is 18.3 Å². The van der Waals surface area contributed by atoms with Gasteiger partial charge >= 0.3 is 0 Å². The van der Waals surface area contributed by atoms with Crippen LogP contribution in [-0.2, 0) is 4.79 Å². The Labute approximate surface area is 131 Å². The number of rotatable bonds is 4. The fourth-order valence-corrected chi connectivity index (χ4v) is 2.76. The molecule has 6 heteroatoms. The average molecular weight is 304 g/mol. The van der Waals surface area contributed by atoms with Gasteiger partial charge in [-0.15, -0.1) is 0 Å². The van der Waals surface area contributed by atoms with Gasteiger partial charge < -0.3 is 15.1 Å². The Hall–Kier alpha value is -2.11. The molecule has 2 rings (SSSR count). The molecule has 0 unspecified atom stereocenters. The highest BCUT2D eigenvalue weighted by molar-refractivity contribution is 5.93. The second-order valence-electron chi connectivity index (χ2n) is 5.61. The number of piperidine rings is 1. The summed E-state index contributed by atoms with van der Waals surface area (Å²) in [7, 11) is 1.86. The second kappa shape index (κ2) is 7.24. The minimum atomic E-state index is -0.143. The lowest BCUT2D eigenvalue weighted by Crippen LogP contribution is -2.45. The number of amides is 2. The van der Waals surface area contributed by atoms with Crippen LogP contribution in [0.1, 0.15) is 37.2 Å². The summed E-state index contributed by atoms with van der Waals surface area (Å²) in [6, 6.07) is 4.07. The molecule has 0 spiro atoms. The fraction of sp³-hybridized carbons (Fsp3) is 0.562. The SMILES string of the molecule is CCNC(=O)c1cc(N2CCC(N(C)C(C)=O)CC2)ccn1. The van der Waals surface area contributed by atoms with Crippen molar-refractivity contribution in [2.45, 2.75) is 32.7 Å². The van der Waals surface area contributed by atoms with Gasteiger partial charge in [-0.05, 0) is 31.9 Å². The van der Waals surface area contributed by atoms with Gasteiger partial charge in [-0.2, -0.15) is 0 Å². The molecule has 22 heavy (non-hydrogen) atoms. The van der Waals surface area contributed by atoms with E-state index in [1.165, 1.54) is 0 Å². The normalized spacial score (nSPS) is 15.5. The number of carbonyl (C=O) groups is 2. The number of pyridine rings is 1. The molecule has 0 radical (unpaired) electrons. The molecule has 2 heterocycles. The molecular formula is C16H24N4O2. The molecule has 1 aliphatic heterocycles. The number of carbonyl (C=O) groups excluding carboxylic acids is 2. The van der Waals surface area contributed by atoms with Gasteiger partial charge in [0, 0.05) is 51.5 Å². The van der Waals surface area contributed by atoms with Crippen molar-refractivity contribution in [2.75, 3.05) is 31.6 Å². The monoisotopic (exact) mass is 304 g/mol. The molecule has 1 fully saturated rings. The molecule has 2 amide bonds. The van der Waals surface area contributed by atoms with E-state index in [9.17, 15) is 9.59 Å². The molecule has 0 saturated carbocycles. The number of nitrogens with zero attached hydrogens (tertiary/aromatic N) is 3.